The van der Waals surface area contributed by atoms with Crippen LogP contribution in [0.1, 0.15) is 68.0 Å². The number of halogens is 3. The molecule has 7 heteroatoms. The zero-order valence-corrected chi connectivity index (χ0v) is 21.8. The van der Waals surface area contributed by atoms with Crippen LogP contribution >= 0.6 is 34.8 Å². The molecule has 182 valence electrons. The van der Waals surface area contributed by atoms with Gasteiger partial charge in [-0.15, -0.1) is 0 Å². The van der Waals surface area contributed by atoms with Gasteiger partial charge in [-0.05, 0) is 60.5 Å². The zero-order valence-electron chi connectivity index (χ0n) is 19.5. The van der Waals surface area contributed by atoms with Crippen LogP contribution in [0.2, 0.25) is 15.1 Å². The zero-order chi connectivity index (χ0) is 24.4. The Hall–Kier alpha value is -2.40. The van der Waals surface area contributed by atoms with Crippen molar-refractivity contribution in [1.82, 2.24) is 5.01 Å². The van der Waals surface area contributed by atoms with Crippen LogP contribution in [0, 0.1) is 0 Å². The number of hydrogen-bond acceptors (Lipinski definition) is 4. The van der Waals surface area contributed by atoms with E-state index >= 15 is 0 Å². The summed E-state index contributed by atoms with van der Waals surface area (Å²) in [5.41, 5.74) is 3.92. The molecule has 5 rings (SSSR count). The molecule has 4 nitrogen and oxygen atoms in total. The van der Waals surface area contributed by atoms with Gasteiger partial charge in [0.05, 0.1) is 23.4 Å². The van der Waals surface area contributed by atoms with Crippen molar-refractivity contribution in [3.63, 3.8) is 0 Å². The molecule has 0 N–H and O–H groups in total. The second-order valence-electron chi connectivity index (χ2n) is 8.91. The van der Waals surface area contributed by atoms with E-state index in [1.54, 1.807) is 6.07 Å². The predicted molar refractivity (Wildman–Crippen MR) is 143 cm³/mol. The van der Waals surface area contributed by atoms with Gasteiger partial charge in [0.1, 0.15) is 11.5 Å². The van der Waals surface area contributed by atoms with E-state index in [0.717, 1.165) is 41.2 Å². The maximum Gasteiger partial charge on any atom is 0.213 e. The van der Waals surface area contributed by atoms with Crippen molar-refractivity contribution in [1.29, 1.82) is 0 Å². The van der Waals surface area contributed by atoms with Crippen LogP contribution in [-0.2, 0) is 0 Å². The molecule has 0 radical (unpaired) electrons. The highest BCUT2D eigenvalue weighted by Gasteiger charge is 2.42. The topological polar surface area (TPSA) is 34.1 Å². The largest absolute Gasteiger partial charge is 0.494 e. The van der Waals surface area contributed by atoms with Crippen LogP contribution in [0.3, 0.4) is 0 Å². The van der Waals surface area contributed by atoms with Crippen molar-refractivity contribution in [2.75, 3.05) is 6.61 Å². The molecular weight excluding hydrogens is 503 g/mol. The summed E-state index contributed by atoms with van der Waals surface area (Å²) in [5.74, 6) is 1.51. The smallest absolute Gasteiger partial charge is 0.213 e. The van der Waals surface area contributed by atoms with E-state index in [4.69, 9.17) is 49.4 Å². The Morgan fingerprint density at radius 1 is 0.943 bits per heavy atom. The summed E-state index contributed by atoms with van der Waals surface area (Å²) in [4.78, 5) is 0. The van der Waals surface area contributed by atoms with E-state index in [1.165, 1.54) is 19.3 Å². The summed E-state index contributed by atoms with van der Waals surface area (Å²) in [6.45, 7) is 2.94. The van der Waals surface area contributed by atoms with E-state index in [0.29, 0.717) is 27.2 Å². The van der Waals surface area contributed by atoms with E-state index in [1.807, 2.05) is 59.6 Å². The van der Waals surface area contributed by atoms with E-state index in [9.17, 15) is 0 Å². The van der Waals surface area contributed by atoms with Crippen molar-refractivity contribution in [2.45, 2.75) is 51.3 Å². The Morgan fingerprint density at radius 3 is 2.46 bits per heavy atom. The molecule has 0 aliphatic carbocycles. The Bertz CT molecular complexity index is 1210. The summed E-state index contributed by atoms with van der Waals surface area (Å²) in [5, 5.41) is 8.79. The van der Waals surface area contributed by atoms with Gasteiger partial charge >= 0.3 is 0 Å². The number of fused-ring (bicyclic) bond motifs is 3. The molecule has 0 aromatic heterocycles. The van der Waals surface area contributed by atoms with Gasteiger partial charge < -0.3 is 9.47 Å². The van der Waals surface area contributed by atoms with Crippen molar-refractivity contribution in [3.05, 3.63) is 92.4 Å². The van der Waals surface area contributed by atoms with Crippen LogP contribution in [0.25, 0.3) is 0 Å². The van der Waals surface area contributed by atoms with Crippen LogP contribution in [-0.4, -0.2) is 17.3 Å². The molecule has 2 heterocycles. The lowest BCUT2D eigenvalue weighted by Crippen LogP contribution is -2.33. The van der Waals surface area contributed by atoms with Gasteiger partial charge in [0.15, 0.2) is 0 Å². The lowest BCUT2D eigenvalue weighted by atomic mass is 9.96. The van der Waals surface area contributed by atoms with Crippen LogP contribution in [0.15, 0.2) is 65.8 Å². The standard InChI is InChI=1S/C28H27Cl3N2O2/c1-2-3-4-5-14-34-22-12-8-19(9-13-22)28-33-26(23-15-21(30)16-24(31)27(23)35-28)17-25(32-33)18-6-10-20(29)11-7-18/h6-13,15-16,26,28H,2-5,14,17H2,1H3/t26-,28-/m0/s1. The number of ether oxygens (including phenoxy) is 2. The first-order valence-corrected chi connectivity index (χ1v) is 13.2. The molecule has 0 fully saturated rings. The summed E-state index contributed by atoms with van der Waals surface area (Å²) in [6.07, 6.45) is 5.01. The average Bonchev–Trinajstić information content (AvgIpc) is 3.30. The number of benzene rings is 3. The lowest BCUT2D eigenvalue weighted by molar-refractivity contribution is -0.0189. The lowest BCUT2D eigenvalue weighted by Gasteiger charge is -2.38. The van der Waals surface area contributed by atoms with E-state index in [2.05, 4.69) is 6.92 Å². The molecule has 35 heavy (non-hydrogen) atoms. The van der Waals surface area contributed by atoms with Crippen LogP contribution in [0.5, 0.6) is 11.5 Å². The van der Waals surface area contributed by atoms with Crippen LogP contribution < -0.4 is 9.47 Å². The van der Waals surface area contributed by atoms with Gasteiger partial charge in [-0.1, -0.05) is 73.1 Å². The first-order chi connectivity index (χ1) is 17.0. The number of hydrazone groups is 1. The fourth-order valence-electron chi connectivity index (χ4n) is 4.60. The van der Waals surface area contributed by atoms with Crippen molar-refractivity contribution >= 4 is 40.5 Å². The summed E-state index contributed by atoms with van der Waals surface area (Å²) >= 11 is 19.0. The molecule has 0 amide bonds. The van der Waals surface area contributed by atoms with E-state index in [-0.39, 0.29) is 6.04 Å². The number of unbranched alkanes of at least 4 members (excludes halogenated alkanes) is 3. The Balaban J connectivity index is 1.43. The third kappa shape index (κ3) is 5.25. The summed E-state index contributed by atoms with van der Waals surface area (Å²) in [6, 6.07) is 19.4. The predicted octanol–water partition coefficient (Wildman–Crippen LogP) is 8.85. The number of nitrogens with zero attached hydrogens (tertiary/aromatic N) is 2. The maximum absolute atomic E-state index is 6.58. The molecule has 0 spiro atoms. The van der Waals surface area contributed by atoms with Crippen molar-refractivity contribution in [2.24, 2.45) is 5.10 Å². The fraction of sp³-hybridized carbons (Fsp3) is 0.321. The van der Waals surface area contributed by atoms with Crippen molar-refractivity contribution < 1.29 is 9.47 Å². The Labute approximate surface area is 221 Å². The monoisotopic (exact) mass is 528 g/mol. The minimum atomic E-state index is -0.422. The normalized spacial score (nSPS) is 18.5. The molecule has 2 atom stereocenters. The third-order valence-electron chi connectivity index (χ3n) is 6.42. The van der Waals surface area contributed by atoms with Gasteiger partial charge in [-0.2, -0.15) is 5.10 Å². The minimum absolute atomic E-state index is 0.0416. The number of rotatable bonds is 8. The first-order valence-electron chi connectivity index (χ1n) is 12.0. The molecule has 2 aliphatic rings. The summed E-state index contributed by atoms with van der Waals surface area (Å²) < 4.78 is 12.4. The molecule has 2 aliphatic heterocycles. The highest BCUT2D eigenvalue weighted by Crippen LogP contribution is 2.50. The van der Waals surface area contributed by atoms with Gasteiger partial charge in [-0.3, -0.25) is 0 Å². The number of hydrogen-bond donors (Lipinski definition) is 0. The van der Waals surface area contributed by atoms with Gasteiger partial charge in [-0.25, -0.2) is 5.01 Å². The van der Waals surface area contributed by atoms with Crippen LogP contribution in [0.4, 0.5) is 0 Å². The molecule has 3 aromatic rings. The highest BCUT2D eigenvalue weighted by molar-refractivity contribution is 6.35. The van der Waals surface area contributed by atoms with E-state index < -0.39 is 6.23 Å². The second kappa shape index (κ2) is 10.7. The highest BCUT2D eigenvalue weighted by atomic mass is 35.5. The second-order valence-corrected chi connectivity index (χ2v) is 10.2. The van der Waals surface area contributed by atoms with Gasteiger partial charge in [0.2, 0.25) is 6.23 Å². The quantitative estimate of drug-likeness (QED) is 0.273. The minimum Gasteiger partial charge on any atom is -0.494 e. The van der Waals surface area contributed by atoms with Crippen molar-refractivity contribution in [3.8, 4) is 11.5 Å². The Morgan fingerprint density at radius 2 is 1.71 bits per heavy atom. The summed E-state index contributed by atoms with van der Waals surface area (Å²) in [7, 11) is 0. The average molecular weight is 530 g/mol. The molecule has 0 saturated carbocycles. The SMILES string of the molecule is CCCCCCOc1ccc([C@@H]2Oc3c(Cl)cc(Cl)cc3[C@@H]3CC(c4ccc(Cl)cc4)=NN32)cc1. The van der Waals surface area contributed by atoms with Gasteiger partial charge in [0, 0.05) is 27.6 Å². The third-order valence-corrected chi connectivity index (χ3v) is 7.17. The first kappa shape index (κ1) is 24.3. The molecule has 3 aromatic carbocycles. The molecule has 0 bridgehead atoms. The molecule has 0 saturated heterocycles. The molecule has 0 unspecified atom stereocenters. The fourth-order valence-corrected chi connectivity index (χ4v) is 5.28. The molecular formula is C28H27Cl3N2O2. The maximum atomic E-state index is 6.58. The van der Waals surface area contributed by atoms with Gasteiger partial charge in [0.25, 0.3) is 0 Å². The Kier molecular flexibility index (Phi) is 7.43.